The molecule has 8 heteroatoms. The number of hydrogen-bond donors (Lipinski definition) is 2. The van der Waals surface area contributed by atoms with Crippen LogP contribution in [0.4, 0.5) is 0 Å². The summed E-state index contributed by atoms with van der Waals surface area (Å²) < 4.78 is 11.0. The van der Waals surface area contributed by atoms with Crippen molar-refractivity contribution in [2.24, 2.45) is 5.92 Å². The molecular weight excluding hydrogens is 386 g/mol. The van der Waals surface area contributed by atoms with E-state index in [1.807, 2.05) is 0 Å². The summed E-state index contributed by atoms with van der Waals surface area (Å²) in [5.74, 6) is -0.841. The van der Waals surface area contributed by atoms with Gasteiger partial charge < -0.3 is 20.1 Å². The Morgan fingerprint density at radius 1 is 1.10 bits per heavy atom. The molecule has 0 aromatic heterocycles. The van der Waals surface area contributed by atoms with E-state index in [0.29, 0.717) is 39.0 Å². The molecular formula is C22H41N3O5. The van der Waals surface area contributed by atoms with Gasteiger partial charge >= 0.3 is 0 Å². The van der Waals surface area contributed by atoms with Crippen molar-refractivity contribution in [3.05, 3.63) is 0 Å². The van der Waals surface area contributed by atoms with Crippen LogP contribution in [0.15, 0.2) is 0 Å². The topological polar surface area (TPSA) is 97.0 Å². The lowest BCUT2D eigenvalue weighted by molar-refractivity contribution is -0.139. The van der Waals surface area contributed by atoms with Gasteiger partial charge in [0, 0.05) is 44.5 Å². The molecule has 8 nitrogen and oxygen atoms in total. The first-order chi connectivity index (χ1) is 14.5. The van der Waals surface area contributed by atoms with E-state index in [2.05, 4.69) is 24.5 Å². The maximum atomic E-state index is 11.8. The first-order valence-electron chi connectivity index (χ1n) is 11.5. The standard InChI is InChI=1S/C22H41N3O5/c1-4-5-6-7-10-23-19(3)9-13-29-15-16-30-14-11-24-20(26)8-12-25-21(27)17-18(2)22(25)28/h18-19,23H,4-17H2,1-3H3,(H,24,26). The van der Waals surface area contributed by atoms with Crippen LogP contribution < -0.4 is 10.6 Å². The number of nitrogens with one attached hydrogen (secondary N) is 2. The molecule has 1 rings (SSSR count). The molecule has 2 N–H and O–H groups in total. The van der Waals surface area contributed by atoms with Gasteiger partial charge in [-0.25, -0.2) is 0 Å². The van der Waals surface area contributed by atoms with Gasteiger partial charge in [0.25, 0.3) is 0 Å². The van der Waals surface area contributed by atoms with Crippen LogP contribution in [0.3, 0.4) is 0 Å². The summed E-state index contributed by atoms with van der Waals surface area (Å²) in [6, 6.07) is 0.456. The van der Waals surface area contributed by atoms with Crippen molar-refractivity contribution in [3.63, 3.8) is 0 Å². The van der Waals surface area contributed by atoms with Crippen molar-refractivity contribution in [1.82, 2.24) is 15.5 Å². The fraction of sp³-hybridized carbons (Fsp3) is 0.864. The number of imide groups is 1. The highest BCUT2D eigenvalue weighted by atomic mass is 16.5. The summed E-state index contributed by atoms with van der Waals surface area (Å²) in [7, 11) is 0. The Bertz CT molecular complexity index is 515. The Labute approximate surface area is 181 Å². The van der Waals surface area contributed by atoms with Gasteiger partial charge in [0.1, 0.15) is 0 Å². The zero-order valence-electron chi connectivity index (χ0n) is 19.0. The SMILES string of the molecule is CCCCCCNC(C)CCOCCOCCNC(=O)CCN1C(=O)CC(C)C1=O. The van der Waals surface area contributed by atoms with E-state index in [4.69, 9.17) is 9.47 Å². The number of rotatable bonds is 18. The zero-order chi connectivity index (χ0) is 22.2. The molecule has 0 spiro atoms. The molecule has 0 aliphatic carbocycles. The monoisotopic (exact) mass is 427 g/mol. The van der Waals surface area contributed by atoms with Gasteiger partial charge in [0.2, 0.25) is 17.7 Å². The third-order valence-corrected chi connectivity index (χ3v) is 5.19. The maximum absolute atomic E-state index is 11.8. The predicted octanol–water partition coefficient (Wildman–Crippen LogP) is 1.87. The van der Waals surface area contributed by atoms with Crippen molar-refractivity contribution in [2.45, 2.75) is 71.8 Å². The summed E-state index contributed by atoms with van der Waals surface area (Å²) in [5, 5.41) is 6.25. The van der Waals surface area contributed by atoms with Gasteiger partial charge in [-0.2, -0.15) is 0 Å². The average Bonchev–Trinajstić information content (AvgIpc) is 2.96. The molecule has 1 aliphatic rings. The minimum absolute atomic E-state index is 0.123. The molecule has 3 amide bonds. The molecule has 1 fully saturated rings. The highest BCUT2D eigenvalue weighted by Gasteiger charge is 2.35. The smallest absolute Gasteiger partial charge is 0.232 e. The Morgan fingerprint density at radius 3 is 2.50 bits per heavy atom. The largest absolute Gasteiger partial charge is 0.379 e. The zero-order valence-corrected chi connectivity index (χ0v) is 19.0. The molecule has 0 bridgehead atoms. The van der Waals surface area contributed by atoms with Gasteiger partial charge in [0.05, 0.1) is 19.8 Å². The predicted molar refractivity (Wildman–Crippen MR) is 116 cm³/mol. The van der Waals surface area contributed by atoms with E-state index in [9.17, 15) is 14.4 Å². The Kier molecular flexibility index (Phi) is 14.3. The van der Waals surface area contributed by atoms with Crippen molar-refractivity contribution < 1.29 is 23.9 Å². The maximum Gasteiger partial charge on any atom is 0.232 e. The van der Waals surface area contributed by atoms with Gasteiger partial charge in [-0.1, -0.05) is 33.1 Å². The highest BCUT2D eigenvalue weighted by Crippen LogP contribution is 2.18. The highest BCUT2D eigenvalue weighted by molar-refractivity contribution is 6.03. The number of amides is 3. The fourth-order valence-corrected chi connectivity index (χ4v) is 3.23. The van der Waals surface area contributed by atoms with E-state index >= 15 is 0 Å². The van der Waals surface area contributed by atoms with E-state index < -0.39 is 0 Å². The van der Waals surface area contributed by atoms with Crippen LogP contribution >= 0.6 is 0 Å². The lowest BCUT2D eigenvalue weighted by Gasteiger charge is -2.14. The summed E-state index contributed by atoms with van der Waals surface area (Å²) in [6.45, 7) is 9.88. The third-order valence-electron chi connectivity index (χ3n) is 5.19. The number of likely N-dealkylation sites (tertiary alicyclic amines) is 1. The molecule has 2 atom stereocenters. The van der Waals surface area contributed by atoms with Crippen LogP contribution in [0.25, 0.3) is 0 Å². The summed E-state index contributed by atoms with van der Waals surface area (Å²) in [6.07, 6.45) is 6.44. The molecule has 30 heavy (non-hydrogen) atoms. The molecule has 174 valence electrons. The van der Waals surface area contributed by atoms with Crippen LogP contribution in [-0.2, 0) is 23.9 Å². The van der Waals surface area contributed by atoms with Gasteiger partial charge in [0.15, 0.2) is 0 Å². The van der Waals surface area contributed by atoms with Crippen LogP contribution in [0.2, 0.25) is 0 Å². The van der Waals surface area contributed by atoms with Crippen molar-refractivity contribution in [1.29, 1.82) is 0 Å². The molecule has 1 aliphatic heterocycles. The number of unbranched alkanes of at least 4 members (excludes halogenated alkanes) is 3. The second-order valence-corrected chi connectivity index (χ2v) is 8.02. The van der Waals surface area contributed by atoms with Crippen LogP contribution in [0.5, 0.6) is 0 Å². The number of nitrogens with zero attached hydrogens (tertiary/aromatic N) is 1. The van der Waals surface area contributed by atoms with Crippen molar-refractivity contribution in [2.75, 3.05) is 46.1 Å². The lowest BCUT2D eigenvalue weighted by Crippen LogP contribution is -2.35. The summed E-state index contributed by atoms with van der Waals surface area (Å²) >= 11 is 0. The lowest BCUT2D eigenvalue weighted by atomic mass is 10.1. The van der Waals surface area contributed by atoms with E-state index in [-0.39, 0.29) is 43.0 Å². The summed E-state index contributed by atoms with van der Waals surface area (Å²) in [4.78, 5) is 36.5. The van der Waals surface area contributed by atoms with Gasteiger partial charge in [-0.3, -0.25) is 19.3 Å². The van der Waals surface area contributed by atoms with Crippen LogP contribution in [0.1, 0.15) is 65.7 Å². The Morgan fingerprint density at radius 2 is 1.83 bits per heavy atom. The van der Waals surface area contributed by atoms with E-state index in [1.165, 1.54) is 30.6 Å². The van der Waals surface area contributed by atoms with Crippen molar-refractivity contribution in [3.8, 4) is 0 Å². The molecule has 0 radical (unpaired) electrons. The quantitative estimate of drug-likeness (QED) is 0.256. The molecule has 1 heterocycles. The van der Waals surface area contributed by atoms with Crippen LogP contribution in [-0.4, -0.2) is 74.7 Å². The van der Waals surface area contributed by atoms with E-state index in [1.54, 1.807) is 6.92 Å². The van der Waals surface area contributed by atoms with Gasteiger partial charge in [-0.15, -0.1) is 0 Å². The second kappa shape index (κ2) is 16.2. The molecule has 0 aromatic rings. The number of ether oxygens (including phenoxy) is 2. The molecule has 0 aromatic carbocycles. The Hall–Kier alpha value is -1.51. The molecule has 1 saturated heterocycles. The normalized spacial score (nSPS) is 17.6. The minimum atomic E-state index is -0.272. The fourth-order valence-electron chi connectivity index (χ4n) is 3.23. The van der Waals surface area contributed by atoms with Gasteiger partial charge in [-0.05, 0) is 26.3 Å². The van der Waals surface area contributed by atoms with E-state index in [0.717, 1.165) is 13.0 Å². The second-order valence-electron chi connectivity index (χ2n) is 8.02. The Balaban J connectivity index is 1.88. The summed E-state index contributed by atoms with van der Waals surface area (Å²) in [5.41, 5.74) is 0. The molecule has 0 saturated carbocycles. The average molecular weight is 428 g/mol. The van der Waals surface area contributed by atoms with Crippen molar-refractivity contribution >= 4 is 17.7 Å². The first-order valence-corrected chi connectivity index (χ1v) is 11.5. The first kappa shape index (κ1) is 26.5. The molecule has 2 unspecified atom stereocenters. The minimum Gasteiger partial charge on any atom is -0.379 e. The third kappa shape index (κ3) is 11.6. The number of carbonyl (C=O) groups is 3. The van der Waals surface area contributed by atoms with Crippen LogP contribution in [0, 0.1) is 5.92 Å². The number of carbonyl (C=O) groups excluding carboxylic acids is 3. The number of hydrogen-bond acceptors (Lipinski definition) is 6.